The number of ether oxygens (including phenoxy) is 8. The van der Waals surface area contributed by atoms with Gasteiger partial charge in [-0.2, -0.15) is 8.42 Å². The summed E-state index contributed by atoms with van der Waals surface area (Å²) >= 11 is 0. The van der Waals surface area contributed by atoms with Crippen LogP contribution in [0.3, 0.4) is 0 Å². The van der Waals surface area contributed by atoms with Crippen molar-refractivity contribution in [2.45, 2.75) is 94.5 Å². The van der Waals surface area contributed by atoms with Crippen molar-refractivity contribution in [3.8, 4) is 0 Å². The monoisotopic (exact) mass is 831 g/mol. The van der Waals surface area contributed by atoms with Gasteiger partial charge in [-0.3, -0.25) is 8.98 Å². The molecule has 2 aliphatic heterocycles. The van der Waals surface area contributed by atoms with E-state index in [1.807, 2.05) is 121 Å². The van der Waals surface area contributed by atoms with Gasteiger partial charge in [0.25, 0.3) is 10.1 Å². The average Bonchev–Trinajstić information content (AvgIpc) is 3.24. The van der Waals surface area contributed by atoms with Crippen LogP contribution in [0.4, 0.5) is 0 Å². The third kappa shape index (κ3) is 11.6. The van der Waals surface area contributed by atoms with E-state index in [9.17, 15) is 13.2 Å². The Morgan fingerprint density at radius 2 is 1.29 bits per heavy atom. The number of nitrogens with one attached hydrogen (secondary N) is 1. The van der Waals surface area contributed by atoms with Gasteiger partial charge in [-0.05, 0) is 23.1 Å². The molecule has 13 nitrogen and oxygen atoms in total. The zero-order valence-electron chi connectivity index (χ0n) is 33.4. The molecule has 1 N–H and O–H groups in total. The van der Waals surface area contributed by atoms with Gasteiger partial charge >= 0.3 is 0 Å². The molecule has 2 saturated heterocycles. The highest BCUT2D eigenvalue weighted by Crippen LogP contribution is 2.42. The molecule has 1 aliphatic carbocycles. The summed E-state index contributed by atoms with van der Waals surface area (Å²) in [6.45, 7) is 2.34. The van der Waals surface area contributed by atoms with Gasteiger partial charge in [0.1, 0.15) is 36.6 Å². The van der Waals surface area contributed by atoms with Crippen LogP contribution in [0.2, 0.25) is 0 Å². The molecule has 59 heavy (non-hydrogen) atoms. The first kappa shape index (κ1) is 43.0. The second-order valence-corrected chi connectivity index (χ2v) is 16.7. The summed E-state index contributed by atoms with van der Waals surface area (Å²) in [7, 11) is -2.59. The van der Waals surface area contributed by atoms with Crippen LogP contribution in [-0.2, 0) is 76.8 Å². The van der Waals surface area contributed by atoms with E-state index in [4.69, 9.17) is 42.1 Å². The van der Waals surface area contributed by atoms with Crippen molar-refractivity contribution >= 4 is 16.0 Å². The molecule has 0 spiro atoms. The van der Waals surface area contributed by atoms with E-state index >= 15 is 0 Å². The van der Waals surface area contributed by atoms with E-state index in [0.717, 1.165) is 28.5 Å². The predicted molar refractivity (Wildman–Crippen MR) is 216 cm³/mol. The van der Waals surface area contributed by atoms with Crippen LogP contribution in [0.15, 0.2) is 121 Å². The number of carbonyl (C=O) groups excluding carboxylic acids is 1. The summed E-state index contributed by atoms with van der Waals surface area (Å²) in [4.78, 5) is 12.8. The molecular weight excluding hydrogens is 779 g/mol. The molecule has 3 fully saturated rings. The molecule has 4 aromatic rings. The average molecular weight is 832 g/mol. The lowest BCUT2D eigenvalue weighted by atomic mass is 9.79. The SMILES string of the molecule is CO[C@@H]1O[C@H](COCc2ccccc2)[C@@H](O[C@@H]2C[C@@H]3CO[C@@H](c4ccccc4)O[C@H]3[C@H](OCc3ccccc3)[C@@H]2OS(C)(=O)=O)[C@H](OCc2ccccc2)[C@H]1NC(C)=O. The lowest BCUT2D eigenvalue weighted by Gasteiger charge is -2.51. The van der Waals surface area contributed by atoms with Crippen LogP contribution in [0.25, 0.3) is 0 Å². The van der Waals surface area contributed by atoms with Gasteiger partial charge in [0.2, 0.25) is 5.91 Å². The van der Waals surface area contributed by atoms with Gasteiger partial charge < -0.3 is 43.2 Å². The topological polar surface area (TPSA) is 146 Å². The van der Waals surface area contributed by atoms with Crippen LogP contribution < -0.4 is 5.32 Å². The third-order valence-corrected chi connectivity index (χ3v) is 11.2. The fourth-order valence-corrected chi connectivity index (χ4v) is 8.63. The normalized spacial score (nSPS) is 29.6. The van der Waals surface area contributed by atoms with Gasteiger partial charge in [0.15, 0.2) is 12.6 Å². The maximum absolute atomic E-state index is 13.2. The molecule has 7 rings (SSSR count). The van der Waals surface area contributed by atoms with E-state index in [0.29, 0.717) is 0 Å². The van der Waals surface area contributed by atoms with E-state index in [1.165, 1.54) is 14.0 Å². The Bertz CT molecular complexity index is 1990. The second kappa shape index (κ2) is 20.5. The third-order valence-electron chi connectivity index (χ3n) is 10.7. The molecule has 1 amide bonds. The van der Waals surface area contributed by atoms with Crippen LogP contribution in [0.1, 0.15) is 41.9 Å². The number of hydrogen-bond acceptors (Lipinski definition) is 12. The van der Waals surface area contributed by atoms with Gasteiger partial charge in [0, 0.05) is 25.5 Å². The summed E-state index contributed by atoms with van der Waals surface area (Å²) in [6, 6.07) is 37.7. The fraction of sp³-hybridized carbons (Fsp3) is 0.444. The Hall–Kier alpha value is -4.06. The quantitative estimate of drug-likeness (QED) is 0.135. The van der Waals surface area contributed by atoms with Crippen molar-refractivity contribution < 1.29 is 55.3 Å². The van der Waals surface area contributed by atoms with Crippen LogP contribution in [0.5, 0.6) is 0 Å². The van der Waals surface area contributed by atoms with Gasteiger partial charge in [-0.15, -0.1) is 0 Å². The van der Waals surface area contributed by atoms with Crippen LogP contribution >= 0.6 is 0 Å². The summed E-state index contributed by atoms with van der Waals surface area (Å²) in [5.41, 5.74) is 3.55. The minimum absolute atomic E-state index is 0.0483. The van der Waals surface area contributed by atoms with E-state index in [1.54, 1.807) is 0 Å². The van der Waals surface area contributed by atoms with Gasteiger partial charge in [-0.1, -0.05) is 121 Å². The maximum Gasteiger partial charge on any atom is 0.264 e. The summed E-state index contributed by atoms with van der Waals surface area (Å²) < 4.78 is 84.5. The van der Waals surface area contributed by atoms with Gasteiger partial charge in [0.05, 0.1) is 51.5 Å². The largest absolute Gasteiger partial charge is 0.374 e. The summed E-state index contributed by atoms with van der Waals surface area (Å²) in [5, 5.41) is 2.97. The molecule has 3 aliphatic rings. The molecule has 316 valence electrons. The molecule has 0 radical (unpaired) electrons. The molecule has 4 aromatic carbocycles. The molecular formula is C45H53NO12S. The summed E-state index contributed by atoms with van der Waals surface area (Å²) in [5.74, 6) is -0.622. The molecule has 1 saturated carbocycles. The Balaban J connectivity index is 1.25. The van der Waals surface area contributed by atoms with Crippen molar-refractivity contribution in [3.05, 3.63) is 144 Å². The first-order valence-electron chi connectivity index (χ1n) is 19.9. The first-order chi connectivity index (χ1) is 28.6. The number of rotatable bonds is 17. The maximum atomic E-state index is 13.2. The number of benzene rings is 4. The van der Waals surface area contributed by atoms with Gasteiger partial charge in [-0.25, -0.2) is 0 Å². The minimum Gasteiger partial charge on any atom is -0.374 e. The number of carbonyl (C=O) groups is 1. The molecule has 0 bridgehead atoms. The van der Waals surface area contributed by atoms with Crippen molar-refractivity contribution in [3.63, 3.8) is 0 Å². The molecule has 11 atom stereocenters. The highest BCUT2D eigenvalue weighted by atomic mass is 32.2. The second-order valence-electron chi connectivity index (χ2n) is 15.1. The molecule has 0 aromatic heterocycles. The Morgan fingerprint density at radius 3 is 1.85 bits per heavy atom. The zero-order valence-corrected chi connectivity index (χ0v) is 34.3. The standard InChI is InChI=1S/C45H53NO12S/c1-30(47)46-38-42(52-26-32-18-10-5-11-19-32)40(37(56-45(38)50-2)29-51-25-31-16-8-4-9-17-31)55-36-24-35-28-54-44(34-22-14-7-15-23-34)57-39(35)43(41(36)58-59(3,48)49)53-27-33-20-12-6-13-21-33/h4-23,35-45H,24-29H2,1-3H3,(H,46,47)/t35-,36-,37-,38-,39-,40-,41-,42-,43+,44-,45-/m1/s1. The Kier molecular flexibility index (Phi) is 14.9. The molecule has 2 heterocycles. The van der Waals surface area contributed by atoms with Crippen molar-refractivity contribution in [1.82, 2.24) is 5.32 Å². The smallest absolute Gasteiger partial charge is 0.264 e. The molecule has 0 unspecified atom stereocenters. The number of fused-ring (bicyclic) bond motifs is 1. The molecule has 14 heteroatoms. The Morgan fingerprint density at radius 1 is 0.729 bits per heavy atom. The van der Waals surface area contributed by atoms with Crippen LogP contribution in [0, 0.1) is 5.92 Å². The van der Waals surface area contributed by atoms with Crippen molar-refractivity contribution in [2.75, 3.05) is 26.6 Å². The lowest BCUT2D eigenvalue weighted by Crippen LogP contribution is -2.68. The zero-order chi connectivity index (χ0) is 41.2. The number of methoxy groups -OCH3 is 1. The van der Waals surface area contributed by atoms with Crippen LogP contribution in [-0.4, -0.2) is 96.0 Å². The van der Waals surface area contributed by atoms with Crippen molar-refractivity contribution in [2.24, 2.45) is 5.92 Å². The first-order valence-corrected chi connectivity index (χ1v) is 21.7. The highest BCUT2D eigenvalue weighted by molar-refractivity contribution is 7.86. The number of amides is 1. The highest BCUT2D eigenvalue weighted by Gasteiger charge is 2.55. The van der Waals surface area contributed by atoms with E-state index in [2.05, 4.69) is 5.32 Å². The van der Waals surface area contributed by atoms with Crippen molar-refractivity contribution in [1.29, 1.82) is 0 Å². The van der Waals surface area contributed by atoms with E-state index in [-0.39, 0.29) is 51.3 Å². The summed E-state index contributed by atoms with van der Waals surface area (Å²) in [6.07, 6.45) is -6.65. The van der Waals surface area contributed by atoms with E-state index < -0.39 is 71.5 Å². The fourth-order valence-electron chi connectivity index (χ4n) is 8.00. The number of hydrogen-bond donors (Lipinski definition) is 1. The predicted octanol–water partition coefficient (Wildman–Crippen LogP) is 5.48. The minimum atomic E-state index is -4.09. The lowest BCUT2D eigenvalue weighted by molar-refractivity contribution is -0.321. The Labute approximate surface area is 346 Å².